The van der Waals surface area contributed by atoms with E-state index in [1.54, 1.807) is 19.0 Å². The normalized spacial score (nSPS) is 10.7. The third-order valence-electron chi connectivity index (χ3n) is 3.46. The minimum atomic E-state index is -0.0313. The van der Waals surface area contributed by atoms with E-state index in [2.05, 4.69) is 10.6 Å². The van der Waals surface area contributed by atoms with Gasteiger partial charge in [0.2, 0.25) is 11.8 Å². The summed E-state index contributed by atoms with van der Waals surface area (Å²) in [5, 5.41) is 6.86. The second kappa shape index (κ2) is 7.09. The number of anilines is 1. The van der Waals surface area contributed by atoms with Crippen molar-refractivity contribution in [1.29, 1.82) is 0 Å². The molecule has 0 radical (unpaired) electrons. The van der Waals surface area contributed by atoms with Crippen molar-refractivity contribution >= 4 is 28.4 Å². The standard InChI is InChI=1S/C16H22N4O2/c1-17-8-6-15(21)18-13-5-4-12-7-9-20(14(12)10-13)11-16(22)19(2)3/h4-5,7,9-10,17H,6,8,11H2,1-3H3,(H,18,21). The zero-order valence-corrected chi connectivity index (χ0v) is 13.2. The van der Waals surface area contributed by atoms with Crippen LogP contribution in [0.25, 0.3) is 10.9 Å². The predicted molar refractivity (Wildman–Crippen MR) is 87.8 cm³/mol. The molecule has 6 heteroatoms. The summed E-state index contributed by atoms with van der Waals surface area (Å²) >= 11 is 0. The van der Waals surface area contributed by atoms with Gasteiger partial charge < -0.3 is 20.1 Å². The van der Waals surface area contributed by atoms with Crippen molar-refractivity contribution in [1.82, 2.24) is 14.8 Å². The Kier molecular flexibility index (Phi) is 5.16. The molecule has 2 rings (SSSR count). The molecule has 0 bridgehead atoms. The molecule has 0 aliphatic rings. The molecule has 2 aromatic rings. The Morgan fingerprint density at radius 2 is 2.00 bits per heavy atom. The molecule has 0 saturated carbocycles. The Morgan fingerprint density at radius 3 is 2.68 bits per heavy atom. The van der Waals surface area contributed by atoms with E-state index in [1.165, 1.54) is 0 Å². The van der Waals surface area contributed by atoms with Gasteiger partial charge in [-0.1, -0.05) is 6.07 Å². The third kappa shape index (κ3) is 3.85. The summed E-state index contributed by atoms with van der Waals surface area (Å²) in [5.74, 6) is -0.00265. The minimum Gasteiger partial charge on any atom is -0.347 e. The van der Waals surface area contributed by atoms with Crippen LogP contribution in [0, 0.1) is 0 Å². The van der Waals surface area contributed by atoms with Crippen molar-refractivity contribution in [3.8, 4) is 0 Å². The second-order valence-corrected chi connectivity index (χ2v) is 5.41. The van der Waals surface area contributed by atoms with Crippen LogP contribution >= 0.6 is 0 Å². The van der Waals surface area contributed by atoms with Crippen molar-refractivity contribution < 1.29 is 9.59 Å². The number of likely N-dealkylation sites (N-methyl/N-ethyl adjacent to an activating group) is 1. The van der Waals surface area contributed by atoms with Gasteiger partial charge in [-0.05, 0) is 30.6 Å². The molecule has 0 aliphatic carbocycles. The molecule has 1 heterocycles. The first-order chi connectivity index (χ1) is 10.5. The van der Waals surface area contributed by atoms with Crippen LogP contribution in [0.2, 0.25) is 0 Å². The largest absolute Gasteiger partial charge is 0.347 e. The molecular weight excluding hydrogens is 280 g/mol. The highest BCUT2D eigenvalue weighted by Gasteiger charge is 2.09. The lowest BCUT2D eigenvalue weighted by Gasteiger charge is -2.12. The molecule has 0 atom stereocenters. The molecule has 0 unspecified atom stereocenters. The zero-order chi connectivity index (χ0) is 16.1. The van der Waals surface area contributed by atoms with E-state index in [-0.39, 0.29) is 18.4 Å². The quantitative estimate of drug-likeness (QED) is 0.845. The van der Waals surface area contributed by atoms with E-state index in [1.807, 2.05) is 42.1 Å². The van der Waals surface area contributed by atoms with Crippen LogP contribution in [0.4, 0.5) is 5.69 Å². The summed E-state index contributed by atoms with van der Waals surface area (Å²) in [4.78, 5) is 25.2. The van der Waals surface area contributed by atoms with Crippen LogP contribution in [-0.4, -0.2) is 49.0 Å². The highest BCUT2D eigenvalue weighted by molar-refractivity contribution is 5.94. The number of aromatic nitrogens is 1. The van der Waals surface area contributed by atoms with Gasteiger partial charge in [-0.2, -0.15) is 0 Å². The molecule has 0 aliphatic heterocycles. The number of carbonyl (C=O) groups excluding carboxylic acids is 2. The molecule has 1 aromatic heterocycles. The highest BCUT2D eigenvalue weighted by Crippen LogP contribution is 2.21. The number of nitrogens with zero attached hydrogens (tertiary/aromatic N) is 2. The summed E-state index contributed by atoms with van der Waals surface area (Å²) in [6, 6.07) is 7.68. The Balaban J connectivity index is 2.18. The zero-order valence-electron chi connectivity index (χ0n) is 13.2. The maximum atomic E-state index is 11.9. The minimum absolute atomic E-state index is 0.0287. The van der Waals surface area contributed by atoms with E-state index < -0.39 is 0 Å². The van der Waals surface area contributed by atoms with Gasteiger partial charge in [0.1, 0.15) is 6.54 Å². The van der Waals surface area contributed by atoms with Gasteiger partial charge in [-0.3, -0.25) is 9.59 Å². The van der Waals surface area contributed by atoms with Gasteiger partial charge in [-0.25, -0.2) is 0 Å². The molecule has 6 nitrogen and oxygen atoms in total. The number of amides is 2. The molecule has 22 heavy (non-hydrogen) atoms. The topological polar surface area (TPSA) is 66.4 Å². The number of hydrogen-bond acceptors (Lipinski definition) is 3. The molecule has 0 spiro atoms. The first-order valence-electron chi connectivity index (χ1n) is 7.25. The van der Waals surface area contributed by atoms with Gasteiger partial charge >= 0.3 is 0 Å². The van der Waals surface area contributed by atoms with E-state index in [0.29, 0.717) is 13.0 Å². The van der Waals surface area contributed by atoms with Gasteiger partial charge in [0.25, 0.3) is 0 Å². The summed E-state index contributed by atoms with van der Waals surface area (Å²) in [5.41, 5.74) is 1.67. The molecule has 0 fully saturated rings. The van der Waals surface area contributed by atoms with E-state index in [0.717, 1.165) is 16.6 Å². The maximum Gasteiger partial charge on any atom is 0.241 e. The summed E-state index contributed by atoms with van der Waals surface area (Å²) in [6.45, 7) is 0.926. The van der Waals surface area contributed by atoms with E-state index in [9.17, 15) is 9.59 Å². The fourth-order valence-corrected chi connectivity index (χ4v) is 2.15. The Morgan fingerprint density at radius 1 is 1.23 bits per heavy atom. The molecule has 0 saturated heterocycles. The number of benzene rings is 1. The van der Waals surface area contributed by atoms with Crippen LogP contribution < -0.4 is 10.6 Å². The molecule has 2 N–H and O–H groups in total. The first kappa shape index (κ1) is 16.0. The van der Waals surface area contributed by atoms with Gasteiger partial charge in [0.15, 0.2) is 0 Å². The summed E-state index contributed by atoms with van der Waals surface area (Å²) in [6.07, 6.45) is 2.31. The van der Waals surface area contributed by atoms with E-state index in [4.69, 9.17) is 0 Å². The second-order valence-electron chi connectivity index (χ2n) is 5.41. The fourth-order valence-electron chi connectivity index (χ4n) is 2.15. The first-order valence-corrected chi connectivity index (χ1v) is 7.25. The Bertz CT molecular complexity index is 676. The van der Waals surface area contributed by atoms with Crippen molar-refractivity contribution in [2.24, 2.45) is 0 Å². The smallest absolute Gasteiger partial charge is 0.241 e. The average molecular weight is 302 g/mol. The van der Waals surface area contributed by atoms with Crippen LogP contribution in [0.15, 0.2) is 30.5 Å². The van der Waals surface area contributed by atoms with Gasteiger partial charge in [0.05, 0.1) is 5.52 Å². The van der Waals surface area contributed by atoms with Crippen LogP contribution in [0.3, 0.4) is 0 Å². The molecule has 118 valence electrons. The van der Waals surface area contributed by atoms with Crippen molar-refractivity contribution in [3.63, 3.8) is 0 Å². The summed E-state index contributed by atoms with van der Waals surface area (Å²) < 4.78 is 1.89. The number of hydrogen-bond donors (Lipinski definition) is 2. The molecule has 2 amide bonds. The molecular formula is C16H22N4O2. The predicted octanol–water partition coefficient (Wildman–Crippen LogP) is 1.28. The number of rotatable bonds is 6. The highest BCUT2D eigenvalue weighted by atomic mass is 16.2. The van der Waals surface area contributed by atoms with Crippen molar-refractivity contribution in [2.45, 2.75) is 13.0 Å². The maximum absolute atomic E-state index is 11.9. The Hall–Kier alpha value is -2.34. The number of carbonyl (C=O) groups is 2. The van der Waals surface area contributed by atoms with Crippen LogP contribution in [0.1, 0.15) is 6.42 Å². The van der Waals surface area contributed by atoms with Crippen molar-refractivity contribution in [2.75, 3.05) is 33.0 Å². The fraction of sp³-hybridized carbons (Fsp3) is 0.375. The lowest BCUT2D eigenvalue weighted by Crippen LogP contribution is -2.25. The Labute approximate surface area is 130 Å². The van der Waals surface area contributed by atoms with Gasteiger partial charge in [-0.15, -0.1) is 0 Å². The van der Waals surface area contributed by atoms with Crippen LogP contribution in [0.5, 0.6) is 0 Å². The average Bonchev–Trinajstić information content (AvgIpc) is 2.87. The number of nitrogens with one attached hydrogen (secondary N) is 2. The molecule has 1 aromatic carbocycles. The third-order valence-corrected chi connectivity index (χ3v) is 3.46. The lowest BCUT2D eigenvalue weighted by molar-refractivity contribution is -0.129. The van der Waals surface area contributed by atoms with E-state index >= 15 is 0 Å². The monoisotopic (exact) mass is 302 g/mol. The lowest BCUT2D eigenvalue weighted by atomic mass is 10.2. The number of fused-ring (bicyclic) bond motifs is 1. The van der Waals surface area contributed by atoms with Crippen LogP contribution in [-0.2, 0) is 16.1 Å². The van der Waals surface area contributed by atoms with Crippen molar-refractivity contribution in [3.05, 3.63) is 30.5 Å². The summed E-state index contributed by atoms with van der Waals surface area (Å²) in [7, 11) is 5.29. The van der Waals surface area contributed by atoms with Gasteiger partial charge in [0, 0.05) is 38.9 Å². The SMILES string of the molecule is CNCCC(=O)Nc1ccc2ccn(CC(=O)N(C)C)c2c1.